The minimum absolute atomic E-state index is 0.0976. The maximum Gasteiger partial charge on any atom is 0.312 e. The average molecular weight is 383 g/mol. The van der Waals surface area contributed by atoms with Gasteiger partial charge in [-0.25, -0.2) is 4.79 Å². The predicted molar refractivity (Wildman–Crippen MR) is 112 cm³/mol. The van der Waals surface area contributed by atoms with Crippen molar-refractivity contribution >= 4 is 11.9 Å². The van der Waals surface area contributed by atoms with Crippen LogP contribution in [0.3, 0.4) is 0 Å². The Bertz CT molecular complexity index is 743. The van der Waals surface area contributed by atoms with Gasteiger partial charge in [0.2, 0.25) is 0 Å². The Morgan fingerprint density at radius 2 is 1.57 bits per heavy atom. The third-order valence-corrected chi connectivity index (χ3v) is 4.82. The number of likely N-dealkylation sites (N-methyl/N-ethyl adjacent to an activating group) is 1. The molecule has 0 bridgehead atoms. The first kappa shape index (κ1) is 21.4. The second-order valence-electron chi connectivity index (χ2n) is 6.69. The van der Waals surface area contributed by atoms with Gasteiger partial charge in [-0.15, -0.1) is 0 Å². The van der Waals surface area contributed by atoms with E-state index in [1.807, 2.05) is 30.3 Å². The molecule has 0 aromatic heterocycles. The smallest absolute Gasteiger partial charge is 0.312 e. The molecule has 0 fully saturated rings. The van der Waals surface area contributed by atoms with Crippen molar-refractivity contribution < 1.29 is 9.59 Å². The summed E-state index contributed by atoms with van der Waals surface area (Å²) in [6, 6.07) is 17.2. The highest BCUT2D eigenvalue weighted by atomic mass is 16.2. The van der Waals surface area contributed by atoms with E-state index in [9.17, 15) is 9.59 Å². The molecular weight excluding hydrogens is 352 g/mol. The van der Waals surface area contributed by atoms with Gasteiger partial charge in [0.05, 0.1) is 0 Å². The Balaban J connectivity index is 1.97. The zero-order valence-corrected chi connectivity index (χ0v) is 16.7. The minimum atomic E-state index is -0.567. The molecule has 2 rings (SSSR count). The fourth-order valence-electron chi connectivity index (χ4n) is 3.23. The summed E-state index contributed by atoms with van der Waals surface area (Å²) in [7, 11) is 0. The van der Waals surface area contributed by atoms with E-state index in [0.717, 1.165) is 25.1 Å². The molecule has 0 aliphatic carbocycles. The van der Waals surface area contributed by atoms with Gasteiger partial charge in [0.1, 0.15) is 0 Å². The second-order valence-corrected chi connectivity index (χ2v) is 6.69. The van der Waals surface area contributed by atoms with Crippen molar-refractivity contribution in [3.63, 3.8) is 0 Å². The van der Waals surface area contributed by atoms with Crippen molar-refractivity contribution in [3.05, 3.63) is 71.3 Å². The molecule has 6 heteroatoms. The van der Waals surface area contributed by atoms with Gasteiger partial charge in [-0.1, -0.05) is 56.3 Å². The first-order valence-corrected chi connectivity index (χ1v) is 9.71. The molecule has 2 aromatic carbocycles. The van der Waals surface area contributed by atoms with Crippen molar-refractivity contribution in [3.8, 4) is 0 Å². The molecule has 0 saturated heterocycles. The number of hydrogen-bond acceptors (Lipinski definition) is 3. The summed E-state index contributed by atoms with van der Waals surface area (Å²) in [5.74, 6) is -0.0976. The zero-order chi connectivity index (χ0) is 20.4. The number of nitrogens with one attached hydrogen (secondary N) is 2. The molecule has 150 valence electrons. The summed E-state index contributed by atoms with van der Waals surface area (Å²) >= 11 is 0. The van der Waals surface area contributed by atoms with Crippen molar-refractivity contribution in [2.75, 3.05) is 19.6 Å². The summed E-state index contributed by atoms with van der Waals surface area (Å²) in [5.41, 5.74) is 7.82. The molecule has 28 heavy (non-hydrogen) atoms. The van der Waals surface area contributed by atoms with E-state index in [1.165, 1.54) is 5.56 Å². The lowest BCUT2D eigenvalue weighted by atomic mass is 10.0. The van der Waals surface area contributed by atoms with Crippen LogP contribution >= 0.6 is 0 Å². The first-order valence-electron chi connectivity index (χ1n) is 9.71. The molecular formula is C22H30N4O2. The molecule has 0 spiro atoms. The molecule has 4 N–H and O–H groups in total. The molecule has 0 heterocycles. The van der Waals surface area contributed by atoms with Crippen LogP contribution in [0, 0.1) is 0 Å². The molecule has 0 aliphatic heterocycles. The number of carbonyl (C=O) groups is 2. The molecule has 0 aliphatic rings. The third-order valence-electron chi connectivity index (χ3n) is 4.82. The number of amides is 3. The number of benzene rings is 2. The number of primary amides is 1. The molecule has 2 aromatic rings. The summed E-state index contributed by atoms with van der Waals surface area (Å²) in [6.45, 7) is 7.08. The summed E-state index contributed by atoms with van der Waals surface area (Å²) < 4.78 is 0. The van der Waals surface area contributed by atoms with Crippen LogP contribution < -0.4 is 16.4 Å². The minimum Gasteiger partial charge on any atom is -0.352 e. The standard InChI is InChI=1S/C22H30N4O2/c1-3-26(4-2)20(14-17-8-6-5-7-9-17)16-24-21(27)19-12-10-18(11-13-19)15-25-22(23)28/h5-13,20H,3-4,14-16H2,1-2H3,(H,24,27)(H3,23,25,28). The van der Waals surface area contributed by atoms with Crippen LogP contribution in [0.5, 0.6) is 0 Å². The largest absolute Gasteiger partial charge is 0.352 e. The van der Waals surface area contributed by atoms with Gasteiger partial charge in [0.15, 0.2) is 0 Å². The van der Waals surface area contributed by atoms with E-state index in [0.29, 0.717) is 18.7 Å². The normalized spacial score (nSPS) is 11.8. The van der Waals surface area contributed by atoms with Gasteiger partial charge in [0.25, 0.3) is 5.91 Å². The fourth-order valence-corrected chi connectivity index (χ4v) is 3.23. The summed E-state index contributed by atoms with van der Waals surface area (Å²) in [4.78, 5) is 25.7. The van der Waals surface area contributed by atoms with Crippen LogP contribution in [0.2, 0.25) is 0 Å². The van der Waals surface area contributed by atoms with E-state index in [4.69, 9.17) is 5.73 Å². The maximum absolute atomic E-state index is 12.6. The topological polar surface area (TPSA) is 87.5 Å². The van der Waals surface area contributed by atoms with Crippen molar-refractivity contribution in [2.24, 2.45) is 5.73 Å². The zero-order valence-electron chi connectivity index (χ0n) is 16.7. The van der Waals surface area contributed by atoms with Gasteiger partial charge in [-0.2, -0.15) is 0 Å². The van der Waals surface area contributed by atoms with Gasteiger partial charge < -0.3 is 16.4 Å². The van der Waals surface area contributed by atoms with E-state index in [2.05, 4.69) is 41.5 Å². The Morgan fingerprint density at radius 3 is 2.14 bits per heavy atom. The average Bonchev–Trinajstić information content (AvgIpc) is 2.72. The second kappa shape index (κ2) is 11.1. The lowest BCUT2D eigenvalue weighted by Crippen LogP contribution is -2.45. The van der Waals surface area contributed by atoms with Crippen LogP contribution in [0.4, 0.5) is 4.79 Å². The third kappa shape index (κ3) is 6.70. The van der Waals surface area contributed by atoms with E-state index in [1.54, 1.807) is 12.1 Å². The predicted octanol–water partition coefficient (Wildman–Crippen LogP) is 2.54. The molecule has 0 saturated carbocycles. The molecule has 1 atom stereocenters. The number of hydrogen-bond donors (Lipinski definition) is 3. The number of rotatable bonds is 10. The van der Waals surface area contributed by atoms with Crippen LogP contribution in [-0.2, 0) is 13.0 Å². The number of carbonyl (C=O) groups excluding carboxylic acids is 2. The number of nitrogens with two attached hydrogens (primary N) is 1. The van der Waals surface area contributed by atoms with Crippen LogP contribution in [0.15, 0.2) is 54.6 Å². The monoisotopic (exact) mass is 382 g/mol. The Kier molecular flexibility index (Phi) is 8.49. The van der Waals surface area contributed by atoms with E-state index < -0.39 is 6.03 Å². The van der Waals surface area contributed by atoms with Crippen molar-refractivity contribution in [1.82, 2.24) is 15.5 Å². The van der Waals surface area contributed by atoms with Gasteiger partial charge in [-0.05, 0) is 42.8 Å². The highest BCUT2D eigenvalue weighted by Gasteiger charge is 2.17. The Morgan fingerprint density at radius 1 is 0.929 bits per heavy atom. The Labute approximate surface area is 167 Å². The van der Waals surface area contributed by atoms with Crippen LogP contribution in [0.1, 0.15) is 35.3 Å². The lowest BCUT2D eigenvalue weighted by Gasteiger charge is -2.30. The number of urea groups is 1. The van der Waals surface area contributed by atoms with Crippen LogP contribution in [-0.4, -0.2) is 42.5 Å². The molecule has 6 nitrogen and oxygen atoms in total. The first-order chi connectivity index (χ1) is 13.5. The highest BCUT2D eigenvalue weighted by molar-refractivity contribution is 5.94. The SMILES string of the molecule is CCN(CC)C(CNC(=O)c1ccc(CNC(N)=O)cc1)Cc1ccccc1. The van der Waals surface area contributed by atoms with Gasteiger partial charge >= 0.3 is 6.03 Å². The fraction of sp³-hybridized carbons (Fsp3) is 0.364. The van der Waals surface area contributed by atoms with E-state index >= 15 is 0 Å². The highest BCUT2D eigenvalue weighted by Crippen LogP contribution is 2.10. The molecule has 0 radical (unpaired) electrons. The van der Waals surface area contributed by atoms with Crippen molar-refractivity contribution in [2.45, 2.75) is 32.9 Å². The quantitative estimate of drug-likeness (QED) is 0.590. The lowest BCUT2D eigenvalue weighted by molar-refractivity contribution is 0.0934. The maximum atomic E-state index is 12.6. The van der Waals surface area contributed by atoms with Gasteiger partial charge in [0, 0.05) is 24.7 Å². The van der Waals surface area contributed by atoms with Crippen LogP contribution in [0.25, 0.3) is 0 Å². The summed E-state index contributed by atoms with van der Waals surface area (Å²) in [6.07, 6.45) is 0.889. The Hall–Kier alpha value is -2.86. The molecule has 3 amide bonds. The molecule has 1 unspecified atom stereocenters. The van der Waals surface area contributed by atoms with Gasteiger partial charge in [-0.3, -0.25) is 9.69 Å². The summed E-state index contributed by atoms with van der Waals surface area (Å²) in [5, 5.41) is 5.60. The number of nitrogens with zero attached hydrogens (tertiary/aromatic N) is 1. The van der Waals surface area contributed by atoms with E-state index in [-0.39, 0.29) is 11.9 Å². The van der Waals surface area contributed by atoms with Crippen molar-refractivity contribution in [1.29, 1.82) is 0 Å².